The number of benzene rings is 1. The van der Waals surface area contributed by atoms with Crippen LogP contribution in [0.5, 0.6) is 0 Å². The summed E-state index contributed by atoms with van der Waals surface area (Å²) in [5, 5.41) is 9.07. The summed E-state index contributed by atoms with van der Waals surface area (Å²) >= 11 is 0. The molecule has 90 valence electrons. The Hall–Kier alpha value is -2.58. The summed E-state index contributed by atoms with van der Waals surface area (Å²) in [7, 11) is 0. The lowest BCUT2D eigenvalue weighted by molar-refractivity contribution is 0.0663. The molecular formula is C13H9NO4. The molecule has 1 heterocycles. The highest BCUT2D eigenvalue weighted by atomic mass is 16.4. The van der Waals surface area contributed by atoms with Crippen LogP contribution in [0.2, 0.25) is 0 Å². The van der Waals surface area contributed by atoms with E-state index in [2.05, 4.69) is 11.8 Å². The maximum atomic E-state index is 11.7. The minimum absolute atomic E-state index is 0.221. The first-order valence-corrected chi connectivity index (χ1v) is 5.12. The van der Waals surface area contributed by atoms with E-state index in [1.165, 1.54) is 6.07 Å². The zero-order valence-corrected chi connectivity index (χ0v) is 9.27. The van der Waals surface area contributed by atoms with Gasteiger partial charge in [0.2, 0.25) is 5.76 Å². The number of fused-ring (bicyclic) bond motifs is 1. The van der Waals surface area contributed by atoms with Crippen molar-refractivity contribution in [3.63, 3.8) is 0 Å². The monoisotopic (exact) mass is 243 g/mol. The van der Waals surface area contributed by atoms with E-state index in [4.69, 9.17) is 15.3 Å². The number of rotatable bonds is 1. The summed E-state index contributed by atoms with van der Waals surface area (Å²) in [6.45, 7) is 0.227. The second kappa shape index (κ2) is 4.73. The fraction of sp³-hybridized carbons (Fsp3) is 0.0769. The van der Waals surface area contributed by atoms with Crippen LogP contribution in [0.3, 0.4) is 0 Å². The van der Waals surface area contributed by atoms with E-state index >= 15 is 0 Å². The van der Waals surface area contributed by atoms with Crippen molar-refractivity contribution in [2.24, 2.45) is 5.73 Å². The fourth-order valence-electron chi connectivity index (χ4n) is 1.49. The molecule has 0 aliphatic rings. The van der Waals surface area contributed by atoms with Crippen LogP contribution >= 0.6 is 0 Å². The third-order valence-electron chi connectivity index (χ3n) is 2.27. The van der Waals surface area contributed by atoms with Crippen molar-refractivity contribution in [2.45, 2.75) is 0 Å². The topological polar surface area (TPSA) is 93.5 Å². The van der Waals surface area contributed by atoms with Crippen molar-refractivity contribution in [3.8, 4) is 11.8 Å². The van der Waals surface area contributed by atoms with Crippen molar-refractivity contribution < 1.29 is 14.3 Å². The molecule has 0 amide bonds. The zero-order chi connectivity index (χ0) is 13.1. The minimum atomic E-state index is -1.28. The summed E-state index contributed by atoms with van der Waals surface area (Å²) in [5.41, 5.74) is 5.69. The number of nitrogens with two attached hydrogens (primary N) is 1. The summed E-state index contributed by atoms with van der Waals surface area (Å²) < 4.78 is 5.09. The van der Waals surface area contributed by atoms with E-state index in [0.717, 1.165) is 6.07 Å². The molecule has 2 aromatic rings. The first-order valence-electron chi connectivity index (χ1n) is 5.12. The molecule has 0 aliphatic heterocycles. The Morgan fingerprint density at radius 1 is 1.39 bits per heavy atom. The molecule has 0 saturated carbocycles. The molecule has 2 rings (SSSR count). The molecule has 5 nitrogen and oxygen atoms in total. The second-order valence-corrected chi connectivity index (χ2v) is 3.50. The standard InChI is InChI=1S/C13H9NO4/c14-5-1-2-8-3-4-11-9(6-8)10(15)7-12(18-11)13(16)17/h3-4,6-7H,5,14H2,(H,16,17). The number of hydrogen-bond donors (Lipinski definition) is 2. The summed E-state index contributed by atoms with van der Waals surface area (Å²) in [4.78, 5) is 22.5. The largest absolute Gasteiger partial charge is 0.475 e. The average molecular weight is 243 g/mol. The Balaban J connectivity index is 2.65. The number of aromatic carboxylic acids is 1. The highest BCUT2D eigenvalue weighted by Crippen LogP contribution is 2.14. The molecule has 0 bridgehead atoms. The SMILES string of the molecule is NCC#Cc1ccc2oc(C(=O)O)cc(=O)c2c1. The molecule has 0 fully saturated rings. The Morgan fingerprint density at radius 2 is 2.17 bits per heavy atom. The third kappa shape index (κ3) is 2.24. The van der Waals surface area contributed by atoms with Gasteiger partial charge in [-0.05, 0) is 18.2 Å². The van der Waals surface area contributed by atoms with Crippen LogP contribution in [-0.4, -0.2) is 17.6 Å². The van der Waals surface area contributed by atoms with Gasteiger partial charge in [0.1, 0.15) is 5.58 Å². The fourth-order valence-corrected chi connectivity index (χ4v) is 1.49. The van der Waals surface area contributed by atoms with Crippen molar-refractivity contribution in [1.29, 1.82) is 0 Å². The highest BCUT2D eigenvalue weighted by molar-refractivity contribution is 5.87. The molecule has 1 aromatic carbocycles. The second-order valence-electron chi connectivity index (χ2n) is 3.50. The molecule has 0 aliphatic carbocycles. The molecule has 3 N–H and O–H groups in total. The lowest BCUT2D eigenvalue weighted by Gasteiger charge is -1.99. The molecule has 5 heteroatoms. The quantitative estimate of drug-likeness (QED) is 0.722. The van der Waals surface area contributed by atoms with Crippen LogP contribution < -0.4 is 11.2 Å². The maximum Gasteiger partial charge on any atom is 0.371 e. The molecule has 0 radical (unpaired) electrons. The molecule has 0 atom stereocenters. The van der Waals surface area contributed by atoms with Gasteiger partial charge < -0.3 is 15.3 Å². The van der Waals surface area contributed by atoms with E-state index < -0.39 is 11.4 Å². The van der Waals surface area contributed by atoms with Crippen LogP contribution in [0, 0.1) is 11.8 Å². The van der Waals surface area contributed by atoms with Crippen molar-refractivity contribution in [1.82, 2.24) is 0 Å². The first-order chi connectivity index (χ1) is 8.61. The van der Waals surface area contributed by atoms with Gasteiger partial charge in [-0.3, -0.25) is 4.79 Å². The van der Waals surface area contributed by atoms with Gasteiger partial charge in [0, 0.05) is 11.6 Å². The normalized spacial score (nSPS) is 9.83. The van der Waals surface area contributed by atoms with Crippen LogP contribution in [0.25, 0.3) is 11.0 Å². The van der Waals surface area contributed by atoms with E-state index in [9.17, 15) is 9.59 Å². The Bertz CT molecular complexity index is 734. The Morgan fingerprint density at radius 3 is 2.83 bits per heavy atom. The predicted octanol–water partition coefficient (Wildman–Crippen LogP) is 0.801. The van der Waals surface area contributed by atoms with Crippen molar-refractivity contribution >= 4 is 16.9 Å². The van der Waals surface area contributed by atoms with E-state index in [1.807, 2.05) is 0 Å². The van der Waals surface area contributed by atoms with Gasteiger partial charge in [0.05, 0.1) is 11.9 Å². The minimum Gasteiger partial charge on any atom is -0.475 e. The maximum absolute atomic E-state index is 11.7. The van der Waals surface area contributed by atoms with Crippen LogP contribution in [0.1, 0.15) is 16.1 Å². The zero-order valence-electron chi connectivity index (χ0n) is 9.27. The lowest BCUT2D eigenvalue weighted by atomic mass is 10.1. The summed E-state index contributed by atoms with van der Waals surface area (Å²) in [6.07, 6.45) is 0. The number of hydrogen-bond acceptors (Lipinski definition) is 4. The molecule has 18 heavy (non-hydrogen) atoms. The van der Waals surface area contributed by atoms with Crippen LogP contribution in [0.15, 0.2) is 33.5 Å². The number of carboxylic acids is 1. The molecular weight excluding hydrogens is 234 g/mol. The van der Waals surface area contributed by atoms with Gasteiger partial charge in [0.25, 0.3) is 0 Å². The molecule has 0 spiro atoms. The molecule has 0 saturated heterocycles. The smallest absolute Gasteiger partial charge is 0.371 e. The number of carbonyl (C=O) groups is 1. The Labute approximate surface area is 102 Å². The molecule has 0 unspecified atom stereocenters. The average Bonchev–Trinajstić information content (AvgIpc) is 2.36. The Kier molecular flexibility index (Phi) is 3.13. The van der Waals surface area contributed by atoms with Gasteiger partial charge in [-0.25, -0.2) is 4.79 Å². The van der Waals surface area contributed by atoms with E-state index in [0.29, 0.717) is 10.9 Å². The van der Waals surface area contributed by atoms with Crippen LogP contribution in [0.4, 0.5) is 0 Å². The molecule has 1 aromatic heterocycles. The van der Waals surface area contributed by atoms with Crippen molar-refractivity contribution in [3.05, 3.63) is 45.8 Å². The van der Waals surface area contributed by atoms with E-state index in [1.54, 1.807) is 12.1 Å². The highest BCUT2D eigenvalue weighted by Gasteiger charge is 2.10. The van der Waals surface area contributed by atoms with Crippen LogP contribution in [-0.2, 0) is 0 Å². The predicted molar refractivity (Wildman–Crippen MR) is 65.4 cm³/mol. The van der Waals surface area contributed by atoms with Gasteiger partial charge in [-0.15, -0.1) is 0 Å². The third-order valence-corrected chi connectivity index (χ3v) is 2.27. The van der Waals surface area contributed by atoms with E-state index in [-0.39, 0.29) is 17.9 Å². The van der Waals surface area contributed by atoms with Gasteiger partial charge >= 0.3 is 5.97 Å². The van der Waals surface area contributed by atoms with Gasteiger partial charge in [0.15, 0.2) is 5.43 Å². The first kappa shape index (κ1) is 11.9. The van der Waals surface area contributed by atoms with Gasteiger partial charge in [-0.1, -0.05) is 11.8 Å². The lowest BCUT2D eigenvalue weighted by Crippen LogP contribution is -2.06. The summed E-state index contributed by atoms with van der Waals surface area (Å²) in [5.74, 6) is 3.80. The summed E-state index contributed by atoms with van der Waals surface area (Å²) in [6, 6.07) is 5.66. The van der Waals surface area contributed by atoms with Gasteiger partial charge in [-0.2, -0.15) is 0 Å². The van der Waals surface area contributed by atoms with Crippen molar-refractivity contribution in [2.75, 3.05) is 6.54 Å². The number of carboxylic acid groups (broad SMARTS) is 1.